The molecule has 0 aliphatic carbocycles. The summed E-state index contributed by atoms with van der Waals surface area (Å²) in [6, 6.07) is 9.79. The van der Waals surface area contributed by atoms with Gasteiger partial charge in [-0.1, -0.05) is 30.3 Å². The van der Waals surface area contributed by atoms with Crippen molar-refractivity contribution in [3.63, 3.8) is 0 Å². The number of carbonyl (C=O) groups excluding carboxylic acids is 1. The summed E-state index contributed by atoms with van der Waals surface area (Å²) in [5.74, 6) is 0.0381. The van der Waals surface area contributed by atoms with Crippen LogP contribution < -0.4 is 11.2 Å². The molecule has 1 atom stereocenters. The van der Waals surface area contributed by atoms with Crippen LogP contribution in [0.2, 0.25) is 0 Å². The number of hydrogen-bond acceptors (Lipinski definition) is 4. The zero-order chi connectivity index (χ0) is 14.3. The lowest BCUT2D eigenvalue weighted by molar-refractivity contribution is -0.0111. The Balaban J connectivity index is 2.37. The standard InChI is InChI=1S/C14H22N2O3/c1-14(2,3)19-13(17)16-18-10-12(9-15)11-7-5-4-6-8-11/h4-8,12H,9-10,15H2,1-3H3,(H,16,17). The number of hydroxylamine groups is 1. The van der Waals surface area contributed by atoms with Gasteiger partial charge < -0.3 is 10.5 Å². The van der Waals surface area contributed by atoms with Crippen molar-refractivity contribution in [1.29, 1.82) is 0 Å². The van der Waals surface area contributed by atoms with Crippen LogP contribution in [0.4, 0.5) is 4.79 Å². The molecule has 0 spiro atoms. The summed E-state index contributed by atoms with van der Waals surface area (Å²) >= 11 is 0. The van der Waals surface area contributed by atoms with E-state index in [4.69, 9.17) is 15.3 Å². The maximum absolute atomic E-state index is 11.4. The summed E-state index contributed by atoms with van der Waals surface area (Å²) < 4.78 is 5.05. The Hall–Kier alpha value is -1.59. The summed E-state index contributed by atoms with van der Waals surface area (Å²) in [5.41, 5.74) is 8.49. The van der Waals surface area contributed by atoms with Gasteiger partial charge in [0.25, 0.3) is 0 Å². The summed E-state index contributed by atoms with van der Waals surface area (Å²) in [7, 11) is 0. The van der Waals surface area contributed by atoms with Gasteiger partial charge in [0.15, 0.2) is 0 Å². The van der Waals surface area contributed by atoms with E-state index in [1.165, 1.54) is 0 Å². The highest BCUT2D eigenvalue weighted by molar-refractivity contribution is 5.66. The van der Waals surface area contributed by atoms with E-state index in [1.54, 1.807) is 20.8 Å². The van der Waals surface area contributed by atoms with Crippen molar-refractivity contribution >= 4 is 6.09 Å². The van der Waals surface area contributed by atoms with E-state index in [0.717, 1.165) is 5.56 Å². The van der Waals surface area contributed by atoms with Crippen LogP contribution in [0.5, 0.6) is 0 Å². The van der Waals surface area contributed by atoms with Crippen molar-refractivity contribution in [2.45, 2.75) is 32.3 Å². The lowest BCUT2D eigenvalue weighted by Crippen LogP contribution is -2.34. The molecule has 1 amide bonds. The van der Waals surface area contributed by atoms with E-state index in [0.29, 0.717) is 13.2 Å². The van der Waals surface area contributed by atoms with Crippen LogP contribution in [-0.2, 0) is 9.57 Å². The summed E-state index contributed by atoms with van der Waals surface area (Å²) in [6.07, 6.45) is -0.601. The molecule has 0 aliphatic rings. The monoisotopic (exact) mass is 266 g/mol. The second kappa shape index (κ2) is 7.11. The predicted molar refractivity (Wildman–Crippen MR) is 73.6 cm³/mol. The number of carbonyl (C=O) groups is 1. The van der Waals surface area contributed by atoms with Crippen LogP contribution in [-0.4, -0.2) is 24.8 Å². The van der Waals surface area contributed by atoms with Crippen molar-refractivity contribution in [3.8, 4) is 0 Å². The molecule has 0 saturated heterocycles. The topological polar surface area (TPSA) is 73.6 Å². The number of amides is 1. The van der Waals surface area contributed by atoms with Crippen LogP contribution >= 0.6 is 0 Å². The Morgan fingerprint density at radius 1 is 1.32 bits per heavy atom. The molecule has 0 saturated carbocycles. The fourth-order valence-electron chi connectivity index (χ4n) is 1.53. The average molecular weight is 266 g/mol. The average Bonchev–Trinajstić information content (AvgIpc) is 2.33. The molecule has 19 heavy (non-hydrogen) atoms. The molecule has 3 N–H and O–H groups in total. The number of ether oxygens (including phenoxy) is 1. The molecule has 5 heteroatoms. The first-order valence-corrected chi connectivity index (χ1v) is 6.28. The molecule has 106 valence electrons. The number of nitrogens with one attached hydrogen (secondary N) is 1. The first kappa shape index (κ1) is 15.5. The van der Waals surface area contributed by atoms with Crippen molar-refractivity contribution in [1.82, 2.24) is 5.48 Å². The van der Waals surface area contributed by atoms with Crippen LogP contribution in [0.25, 0.3) is 0 Å². The minimum Gasteiger partial charge on any atom is -0.442 e. The third-order valence-electron chi connectivity index (χ3n) is 2.39. The first-order chi connectivity index (χ1) is 8.92. The molecule has 1 aromatic carbocycles. The molecule has 0 radical (unpaired) electrons. The molecule has 0 fully saturated rings. The largest absolute Gasteiger partial charge is 0.442 e. The number of nitrogens with two attached hydrogens (primary N) is 1. The smallest absolute Gasteiger partial charge is 0.431 e. The number of hydrogen-bond donors (Lipinski definition) is 2. The minimum atomic E-state index is -0.601. The molecule has 1 aromatic rings. The summed E-state index contributed by atoms with van der Waals surface area (Å²) in [4.78, 5) is 16.5. The Morgan fingerprint density at radius 3 is 2.47 bits per heavy atom. The molecule has 0 bridgehead atoms. The van der Waals surface area contributed by atoms with E-state index in [1.807, 2.05) is 30.3 Å². The maximum atomic E-state index is 11.4. The second-order valence-corrected chi connectivity index (χ2v) is 5.26. The van der Waals surface area contributed by atoms with Gasteiger partial charge in [-0.3, -0.25) is 4.84 Å². The van der Waals surface area contributed by atoms with E-state index >= 15 is 0 Å². The molecule has 1 rings (SSSR count). The molecular weight excluding hydrogens is 244 g/mol. The van der Waals surface area contributed by atoms with Gasteiger partial charge in [0.2, 0.25) is 0 Å². The molecule has 1 unspecified atom stereocenters. The predicted octanol–water partition coefficient (Wildman–Crippen LogP) is 2.19. The minimum absolute atomic E-state index is 0.0381. The quantitative estimate of drug-likeness (QED) is 0.801. The Kier molecular flexibility index (Phi) is 5.79. The molecule has 0 aromatic heterocycles. The van der Waals surface area contributed by atoms with Crippen molar-refractivity contribution in [2.24, 2.45) is 5.73 Å². The van der Waals surface area contributed by atoms with E-state index in [9.17, 15) is 4.79 Å². The fraction of sp³-hybridized carbons (Fsp3) is 0.500. The third-order valence-corrected chi connectivity index (χ3v) is 2.39. The van der Waals surface area contributed by atoms with E-state index < -0.39 is 11.7 Å². The van der Waals surface area contributed by atoms with E-state index in [2.05, 4.69) is 5.48 Å². The van der Waals surface area contributed by atoms with Crippen LogP contribution in [0.3, 0.4) is 0 Å². The normalized spacial score (nSPS) is 12.8. The van der Waals surface area contributed by atoms with Crippen molar-refractivity contribution in [2.75, 3.05) is 13.2 Å². The summed E-state index contributed by atoms with van der Waals surface area (Å²) in [5, 5.41) is 0. The van der Waals surface area contributed by atoms with E-state index in [-0.39, 0.29) is 5.92 Å². The van der Waals surface area contributed by atoms with Gasteiger partial charge >= 0.3 is 6.09 Å². The SMILES string of the molecule is CC(C)(C)OC(=O)NOCC(CN)c1ccccc1. The second-order valence-electron chi connectivity index (χ2n) is 5.26. The number of benzene rings is 1. The van der Waals surface area contributed by atoms with Gasteiger partial charge in [0, 0.05) is 12.5 Å². The third kappa shape index (κ3) is 6.22. The van der Waals surface area contributed by atoms with Gasteiger partial charge in [-0.05, 0) is 26.3 Å². The van der Waals surface area contributed by atoms with Gasteiger partial charge in [0.05, 0.1) is 6.61 Å². The van der Waals surface area contributed by atoms with Gasteiger partial charge in [-0.25, -0.2) is 4.79 Å². The fourth-order valence-corrected chi connectivity index (χ4v) is 1.53. The number of rotatable bonds is 5. The maximum Gasteiger partial charge on any atom is 0.431 e. The molecule has 0 aliphatic heterocycles. The zero-order valence-corrected chi connectivity index (χ0v) is 11.7. The highest BCUT2D eigenvalue weighted by atomic mass is 16.7. The lowest BCUT2D eigenvalue weighted by Gasteiger charge is -2.20. The first-order valence-electron chi connectivity index (χ1n) is 6.28. The van der Waals surface area contributed by atoms with Gasteiger partial charge in [0.1, 0.15) is 5.60 Å². The van der Waals surface area contributed by atoms with Crippen LogP contribution in [0.1, 0.15) is 32.3 Å². The summed E-state index contributed by atoms with van der Waals surface area (Å²) in [6.45, 7) is 6.12. The highest BCUT2D eigenvalue weighted by Crippen LogP contribution is 2.14. The van der Waals surface area contributed by atoms with Crippen molar-refractivity contribution in [3.05, 3.63) is 35.9 Å². The molecule has 0 heterocycles. The van der Waals surface area contributed by atoms with Crippen LogP contribution in [0.15, 0.2) is 30.3 Å². The molecule has 5 nitrogen and oxygen atoms in total. The Bertz CT molecular complexity index is 387. The van der Waals surface area contributed by atoms with Gasteiger partial charge in [-0.15, -0.1) is 0 Å². The van der Waals surface area contributed by atoms with Crippen LogP contribution in [0, 0.1) is 0 Å². The zero-order valence-electron chi connectivity index (χ0n) is 11.7. The van der Waals surface area contributed by atoms with Gasteiger partial charge in [-0.2, -0.15) is 5.48 Å². The highest BCUT2D eigenvalue weighted by Gasteiger charge is 2.17. The molecular formula is C14H22N2O3. The van der Waals surface area contributed by atoms with Crippen molar-refractivity contribution < 1.29 is 14.4 Å². The Labute approximate surface area is 114 Å². The lowest BCUT2D eigenvalue weighted by atomic mass is 10.0. The Morgan fingerprint density at radius 2 is 1.95 bits per heavy atom.